The van der Waals surface area contributed by atoms with E-state index in [0.29, 0.717) is 5.92 Å². The molecule has 2 aromatic carbocycles. The summed E-state index contributed by atoms with van der Waals surface area (Å²) in [7, 11) is 0. The van der Waals surface area contributed by atoms with Crippen LogP contribution in [-0.4, -0.2) is 6.61 Å². The van der Waals surface area contributed by atoms with Gasteiger partial charge in [0.15, 0.2) is 0 Å². The predicted molar refractivity (Wildman–Crippen MR) is 90.4 cm³/mol. The second-order valence-corrected chi connectivity index (χ2v) is 7.25. The first kappa shape index (κ1) is 14.3. The van der Waals surface area contributed by atoms with Crippen molar-refractivity contribution in [3.63, 3.8) is 0 Å². The summed E-state index contributed by atoms with van der Waals surface area (Å²) in [5.74, 6) is 0.523. The zero-order valence-electron chi connectivity index (χ0n) is 12.9. The van der Waals surface area contributed by atoms with Crippen LogP contribution < -0.4 is 0 Å². The van der Waals surface area contributed by atoms with Gasteiger partial charge in [0.1, 0.15) is 0 Å². The molecule has 2 aliphatic rings. The highest BCUT2D eigenvalue weighted by Crippen LogP contribution is 2.53. The van der Waals surface area contributed by atoms with E-state index in [9.17, 15) is 0 Å². The maximum Gasteiger partial charge on any atom is 0.0861 e. The summed E-state index contributed by atoms with van der Waals surface area (Å²) in [4.78, 5) is 0. The van der Waals surface area contributed by atoms with Crippen LogP contribution >= 0.6 is 11.6 Å². The van der Waals surface area contributed by atoms with Gasteiger partial charge in [0.05, 0.1) is 6.10 Å². The SMILES string of the molecule is C[C@]12CCO[C@@H](c3ccccc3)[C@@H]1CCc1ccc(Cl)cc12. The summed E-state index contributed by atoms with van der Waals surface area (Å²) >= 11 is 6.29. The van der Waals surface area contributed by atoms with E-state index in [1.165, 1.54) is 23.1 Å². The minimum absolute atomic E-state index is 0.164. The van der Waals surface area contributed by atoms with E-state index in [2.05, 4.69) is 49.4 Å². The summed E-state index contributed by atoms with van der Waals surface area (Å²) in [6, 6.07) is 17.1. The molecular weight excluding hydrogens is 292 g/mol. The highest BCUT2D eigenvalue weighted by atomic mass is 35.5. The van der Waals surface area contributed by atoms with Crippen LogP contribution in [0.3, 0.4) is 0 Å². The van der Waals surface area contributed by atoms with Gasteiger partial charge in [-0.25, -0.2) is 0 Å². The molecule has 0 unspecified atom stereocenters. The number of fused-ring (bicyclic) bond motifs is 3. The Morgan fingerprint density at radius 1 is 1.14 bits per heavy atom. The Hall–Kier alpha value is -1.31. The zero-order valence-corrected chi connectivity index (χ0v) is 13.6. The number of ether oxygens (including phenoxy) is 1. The van der Waals surface area contributed by atoms with E-state index in [-0.39, 0.29) is 11.5 Å². The third-order valence-electron chi connectivity index (χ3n) is 5.64. The van der Waals surface area contributed by atoms with E-state index in [1.54, 1.807) is 0 Å². The first-order valence-electron chi connectivity index (χ1n) is 8.14. The van der Waals surface area contributed by atoms with Crippen LogP contribution in [0.1, 0.15) is 42.6 Å². The van der Waals surface area contributed by atoms with Crippen molar-refractivity contribution in [3.05, 3.63) is 70.2 Å². The fraction of sp³-hybridized carbons (Fsp3) is 0.400. The second kappa shape index (κ2) is 5.40. The van der Waals surface area contributed by atoms with E-state index < -0.39 is 0 Å². The Labute approximate surface area is 137 Å². The average molecular weight is 313 g/mol. The van der Waals surface area contributed by atoms with Crippen LogP contribution in [0.5, 0.6) is 0 Å². The molecule has 4 rings (SSSR count). The molecule has 1 heterocycles. The lowest BCUT2D eigenvalue weighted by atomic mass is 9.59. The zero-order chi connectivity index (χ0) is 15.2. The lowest BCUT2D eigenvalue weighted by Crippen LogP contribution is -2.45. The predicted octanol–water partition coefficient (Wildman–Crippen LogP) is 5.32. The number of hydrogen-bond acceptors (Lipinski definition) is 1. The van der Waals surface area contributed by atoms with Crippen molar-refractivity contribution in [2.75, 3.05) is 6.61 Å². The molecule has 1 nitrogen and oxygen atoms in total. The van der Waals surface area contributed by atoms with Gasteiger partial charge in [0.25, 0.3) is 0 Å². The molecule has 3 atom stereocenters. The third-order valence-corrected chi connectivity index (χ3v) is 5.88. The number of halogens is 1. The minimum Gasteiger partial charge on any atom is -0.373 e. The maximum atomic E-state index is 6.29. The van der Waals surface area contributed by atoms with Crippen LogP contribution in [0.15, 0.2) is 48.5 Å². The highest BCUT2D eigenvalue weighted by molar-refractivity contribution is 6.30. The Bertz CT molecular complexity index is 681. The Morgan fingerprint density at radius 3 is 2.77 bits per heavy atom. The first-order chi connectivity index (χ1) is 10.7. The van der Waals surface area contributed by atoms with Gasteiger partial charge in [-0.05, 0) is 54.0 Å². The number of hydrogen-bond donors (Lipinski definition) is 0. The molecule has 1 saturated heterocycles. The van der Waals surface area contributed by atoms with Crippen molar-refractivity contribution in [1.29, 1.82) is 0 Å². The molecule has 0 aromatic heterocycles. The smallest absolute Gasteiger partial charge is 0.0861 e. The number of rotatable bonds is 1. The Kier molecular flexibility index (Phi) is 3.51. The van der Waals surface area contributed by atoms with Gasteiger partial charge < -0.3 is 4.74 Å². The largest absolute Gasteiger partial charge is 0.373 e. The molecule has 0 amide bonds. The van der Waals surface area contributed by atoms with Crippen LogP contribution in [0.25, 0.3) is 0 Å². The van der Waals surface area contributed by atoms with Gasteiger partial charge in [-0.3, -0.25) is 0 Å². The van der Waals surface area contributed by atoms with Crippen molar-refractivity contribution in [3.8, 4) is 0 Å². The van der Waals surface area contributed by atoms with Crippen molar-refractivity contribution in [2.45, 2.75) is 37.7 Å². The van der Waals surface area contributed by atoms with Gasteiger partial charge in [0.2, 0.25) is 0 Å². The van der Waals surface area contributed by atoms with Crippen LogP contribution in [0, 0.1) is 5.92 Å². The molecule has 22 heavy (non-hydrogen) atoms. The summed E-state index contributed by atoms with van der Waals surface area (Å²) < 4.78 is 6.21. The molecule has 1 fully saturated rings. The summed E-state index contributed by atoms with van der Waals surface area (Å²) in [5, 5.41) is 0.850. The van der Waals surface area contributed by atoms with Crippen molar-refractivity contribution in [2.24, 2.45) is 5.92 Å². The van der Waals surface area contributed by atoms with Gasteiger partial charge in [-0.15, -0.1) is 0 Å². The van der Waals surface area contributed by atoms with Crippen LogP contribution in [0.2, 0.25) is 5.02 Å². The van der Waals surface area contributed by atoms with Gasteiger partial charge in [-0.1, -0.05) is 54.9 Å². The van der Waals surface area contributed by atoms with E-state index >= 15 is 0 Å². The summed E-state index contributed by atoms with van der Waals surface area (Å²) in [6.45, 7) is 3.23. The quantitative estimate of drug-likeness (QED) is 0.692. The second-order valence-electron chi connectivity index (χ2n) is 6.82. The number of aryl methyl sites for hydroxylation is 1. The van der Waals surface area contributed by atoms with Gasteiger partial charge in [-0.2, -0.15) is 0 Å². The lowest BCUT2D eigenvalue weighted by molar-refractivity contribution is -0.0754. The molecule has 2 heteroatoms. The van der Waals surface area contributed by atoms with Crippen molar-refractivity contribution < 1.29 is 4.74 Å². The molecule has 1 aliphatic heterocycles. The fourth-order valence-electron chi connectivity index (χ4n) is 4.42. The van der Waals surface area contributed by atoms with Crippen molar-refractivity contribution in [1.82, 2.24) is 0 Å². The molecule has 0 spiro atoms. The van der Waals surface area contributed by atoms with Crippen molar-refractivity contribution >= 4 is 11.6 Å². The normalized spacial score (nSPS) is 30.5. The topological polar surface area (TPSA) is 9.23 Å². The molecular formula is C20H21ClO. The summed E-state index contributed by atoms with van der Waals surface area (Å²) in [6.07, 6.45) is 3.59. The van der Waals surface area contributed by atoms with Crippen LogP contribution in [0.4, 0.5) is 0 Å². The Balaban J connectivity index is 1.78. The lowest BCUT2D eigenvalue weighted by Gasteiger charge is -2.50. The molecule has 0 saturated carbocycles. The molecule has 2 aromatic rings. The fourth-order valence-corrected chi connectivity index (χ4v) is 4.59. The van der Waals surface area contributed by atoms with Gasteiger partial charge in [0, 0.05) is 17.0 Å². The van der Waals surface area contributed by atoms with Gasteiger partial charge >= 0.3 is 0 Å². The Morgan fingerprint density at radius 2 is 1.95 bits per heavy atom. The minimum atomic E-state index is 0.164. The van der Waals surface area contributed by atoms with E-state index in [1.807, 2.05) is 6.07 Å². The molecule has 0 radical (unpaired) electrons. The number of benzene rings is 2. The first-order valence-corrected chi connectivity index (χ1v) is 8.52. The van der Waals surface area contributed by atoms with E-state index in [0.717, 1.165) is 24.5 Å². The summed E-state index contributed by atoms with van der Waals surface area (Å²) in [5.41, 5.74) is 4.39. The average Bonchev–Trinajstić information content (AvgIpc) is 2.55. The monoisotopic (exact) mass is 312 g/mol. The maximum absolute atomic E-state index is 6.29. The highest BCUT2D eigenvalue weighted by Gasteiger charge is 2.47. The van der Waals surface area contributed by atoms with E-state index in [4.69, 9.17) is 16.3 Å². The van der Waals surface area contributed by atoms with Crippen LogP contribution in [-0.2, 0) is 16.6 Å². The third kappa shape index (κ3) is 2.19. The standard InChI is InChI=1S/C20H21ClO/c1-20-11-12-22-19(15-5-3-2-4-6-15)17(20)10-8-14-7-9-16(21)13-18(14)20/h2-7,9,13,17,19H,8,10-12H2,1H3/t17-,19-,20-/m0/s1. The molecule has 0 N–H and O–H groups in total. The molecule has 0 bridgehead atoms. The molecule has 1 aliphatic carbocycles. The molecule has 114 valence electrons.